The normalized spacial score (nSPS) is 11.0. The molecule has 6 nitrogen and oxygen atoms in total. The van der Waals surface area contributed by atoms with E-state index in [2.05, 4.69) is 20.3 Å². The van der Waals surface area contributed by atoms with Crippen molar-refractivity contribution in [2.45, 2.75) is 12.8 Å². The number of H-pyrrole nitrogens is 1. The molecule has 0 aliphatic carbocycles. The lowest BCUT2D eigenvalue weighted by atomic mass is 10.2. The van der Waals surface area contributed by atoms with Gasteiger partial charge in [0, 0.05) is 23.4 Å². The summed E-state index contributed by atoms with van der Waals surface area (Å²) in [4.78, 5) is 23.7. The van der Waals surface area contributed by atoms with Crippen molar-refractivity contribution < 1.29 is 9.21 Å². The molecular formula is C19H15ClN4O2. The molecule has 2 heterocycles. The number of aromatic nitrogens is 3. The van der Waals surface area contributed by atoms with Gasteiger partial charge in [0.1, 0.15) is 0 Å². The first-order valence-corrected chi connectivity index (χ1v) is 8.50. The molecule has 4 aromatic rings. The molecule has 2 aromatic carbocycles. The highest BCUT2D eigenvalue weighted by Crippen LogP contribution is 2.22. The van der Waals surface area contributed by atoms with Crippen LogP contribution in [0.2, 0.25) is 5.02 Å². The van der Waals surface area contributed by atoms with Gasteiger partial charge in [-0.2, -0.15) is 0 Å². The van der Waals surface area contributed by atoms with E-state index in [0.717, 1.165) is 16.6 Å². The molecule has 0 spiro atoms. The number of hydrogen-bond acceptors (Lipinski definition) is 4. The van der Waals surface area contributed by atoms with Crippen molar-refractivity contribution in [2.24, 2.45) is 0 Å². The van der Waals surface area contributed by atoms with E-state index < -0.39 is 0 Å². The summed E-state index contributed by atoms with van der Waals surface area (Å²) in [5.41, 5.74) is 2.58. The number of carbonyl (C=O) groups excluding carboxylic acids is 1. The fourth-order valence-corrected chi connectivity index (χ4v) is 2.73. The Bertz CT molecular complexity index is 1020. The Morgan fingerprint density at radius 2 is 1.96 bits per heavy atom. The van der Waals surface area contributed by atoms with Gasteiger partial charge in [0.2, 0.25) is 11.9 Å². The highest BCUT2D eigenvalue weighted by atomic mass is 35.5. The lowest BCUT2D eigenvalue weighted by Crippen LogP contribution is -2.13. The number of halogens is 1. The van der Waals surface area contributed by atoms with Crippen LogP contribution < -0.4 is 5.32 Å². The number of benzene rings is 2. The van der Waals surface area contributed by atoms with Crippen molar-refractivity contribution in [3.63, 3.8) is 0 Å². The summed E-state index contributed by atoms with van der Waals surface area (Å²) in [6.45, 7) is 0. The third kappa shape index (κ3) is 3.60. The van der Waals surface area contributed by atoms with Crippen LogP contribution in [0.1, 0.15) is 12.3 Å². The van der Waals surface area contributed by atoms with Crippen LogP contribution in [0.25, 0.3) is 22.4 Å². The molecule has 130 valence electrons. The molecule has 0 bridgehead atoms. The number of imidazole rings is 1. The third-order valence-electron chi connectivity index (χ3n) is 3.90. The van der Waals surface area contributed by atoms with Gasteiger partial charge < -0.3 is 9.40 Å². The minimum atomic E-state index is -0.157. The first-order valence-electron chi connectivity index (χ1n) is 8.12. The molecular weight excluding hydrogens is 352 g/mol. The second-order valence-electron chi connectivity index (χ2n) is 5.78. The van der Waals surface area contributed by atoms with Crippen LogP contribution in [0.5, 0.6) is 0 Å². The van der Waals surface area contributed by atoms with Crippen LogP contribution in [-0.4, -0.2) is 20.9 Å². The van der Waals surface area contributed by atoms with Crippen LogP contribution in [0.3, 0.4) is 0 Å². The number of carbonyl (C=O) groups is 1. The van der Waals surface area contributed by atoms with Gasteiger partial charge in [0.05, 0.1) is 17.2 Å². The Balaban J connectivity index is 1.36. The number of aromatic amines is 1. The highest BCUT2D eigenvalue weighted by molar-refractivity contribution is 6.30. The van der Waals surface area contributed by atoms with Gasteiger partial charge in [0.25, 0.3) is 0 Å². The lowest BCUT2D eigenvalue weighted by Gasteiger charge is -2.00. The molecule has 4 rings (SSSR count). The summed E-state index contributed by atoms with van der Waals surface area (Å²) in [7, 11) is 0. The summed E-state index contributed by atoms with van der Waals surface area (Å²) in [6, 6.07) is 14.9. The first-order chi connectivity index (χ1) is 12.7. The van der Waals surface area contributed by atoms with Crippen molar-refractivity contribution >= 4 is 34.5 Å². The fraction of sp³-hybridized carbons (Fsp3) is 0.105. The van der Waals surface area contributed by atoms with E-state index >= 15 is 0 Å². The van der Waals surface area contributed by atoms with E-state index in [9.17, 15) is 4.79 Å². The maximum absolute atomic E-state index is 12.1. The number of anilines is 1. The summed E-state index contributed by atoms with van der Waals surface area (Å²) >= 11 is 5.88. The molecule has 0 aliphatic rings. The zero-order chi connectivity index (χ0) is 17.9. The molecule has 7 heteroatoms. The van der Waals surface area contributed by atoms with Crippen molar-refractivity contribution in [3.05, 3.63) is 65.6 Å². The molecule has 0 fully saturated rings. The Hall–Kier alpha value is -3.12. The van der Waals surface area contributed by atoms with Crippen LogP contribution in [-0.2, 0) is 11.2 Å². The Morgan fingerprint density at radius 1 is 1.15 bits per heavy atom. The molecule has 0 radical (unpaired) electrons. The number of nitrogens with one attached hydrogen (secondary N) is 2. The van der Waals surface area contributed by atoms with E-state index in [1.807, 2.05) is 36.4 Å². The van der Waals surface area contributed by atoms with E-state index in [-0.39, 0.29) is 12.3 Å². The highest BCUT2D eigenvalue weighted by Gasteiger charge is 2.11. The maximum atomic E-state index is 12.1. The monoisotopic (exact) mass is 366 g/mol. The van der Waals surface area contributed by atoms with Gasteiger partial charge in [-0.15, -0.1) is 0 Å². The molecule has 2 N–H and O–H groups in total. The minimum Gasteiger partial charge on any atom is -0.441 e. The quantitative estimate of drug-likeness (QED) is 0.546. The molecule has 2 aromatic heterocycles. The van der Waals surface area contributed by atoms with E-state index in [4.69, 9.17) is 16.0 Å². The molecule has 0 saturated carbocycles. The van der Waals surface area contributed by atoms with Crippen molar-refractivity contribution in [2.75, 3.05) is 5.32 Å². The van der Waals surface area contributed by atoms with Gasteiger partial charge in [0.15, 0.2) is 11.7 Å². The smallest absolute Gasteiger partial charge is 0.227 e. The third-order valence-corrected chi connectivity index (χ3v) is 4.15. The number of nitrogens with zero attached hydrogens (tertiary/aromatic N) is 2. The number of para-hydroxylation sites is 2. The Morgan fingerprint density at radius 3 is 2.77 bits per heavy atom. The average molecular weight is 367 g/mol. The van der Waals surface area contributed by atoms with E-state index in [0.29, 0.717) is 29.0 Å². The van der Waals surface area contributed by atoms with E-state index in [1.165, 1.54) is 0 Å². The largest absolute Gasteiger partial charge is 0.441 e. The zero-order valence-corrected chi connectivity index (χ0v) is 14.5. The molecule has 1 amide bonds. The number of hydrogen-bond donors (Lipinski definition) is 2. The molecule has 0 atom stereocenters. The summed E-state index contributed by atoms with van der Waals surface area (Å²) in [5.74, 6) is 1.44. The maximum Gasteiger partial charge on any atom is 0.227 e. The Kier molecular flexibility index (Phi) is 4.41. The van der Waals surface area contributed by atoms with Crippen LogP contribution in [0.4, 0.5) is 5.95 Å². The Labute approximate surface area is 154 Å². The van der Waals surface area contributed by atoms with Crippen LogP contribution >= 0.6 is 11.6 Å². The molecule has 0 aliphatic heterocycles. The van der Waals surface area contributed by atoms with Gasteiger partial charge in [-0.3, -0.25) is 10.1 Å². The van der Waals surface area contributed by atoms with Crippen LogP contribution in [0, 0.1) is 0 Å². The predicted octanol–water partition coefficient (Wildman–Crippen LogP) is 4.44. The number of oxazole rings is 1. The molecule has 0 unspecified atom stereocenters. The van der Waals surface area contributed by atoms with Gasteiger partial charge in [-0.1, -0.05) is 23.7 Å². The van der Waals surface area contributed by atoms with Crippen LogP contribution in [0.15, 0.2) is 59.1 Å². The predicted molar refractivity (Wildman–Crippen MR) is 100.0 cm³/mol. The number of rotatable bonds is 5. The van der Waals surface area contributed by atoms with Gasteiger partial charge in [-0.05, 0) is 36.4 Å². The standard InChI is InChI=1S/C19H15ClN4O2/c20-13-7-5-12(6-8-13)16-11-21-18(26-16)10-9-17(25)24-19-22-14-3-1-2-4-15(14)23-19/h1-8,11H,9-10H2,(H2,22,23,24,25). The second kappa shape index (κ2) is 7.01. The fourth-order valence-electron chi connectivity index (χ4n) is 2.60. The minimum absolute atomic E-state index is 0.157. The number of amides is 1. The molecule has 26 heavy (non-hydrogen) atoms. The lowest BCUT2D eigenvalue weighted by molar-refractivity contribution is -0.116. The zero-order valence-electron chi connectivity index (χ0n) is 13.7. The topological polar surface area (TPSA) is 83.8 Å². The number of aryl methyl sites for hydroxylation is 1. The van der Waals surface area contributed by atoms with Gasteiger partial charge in [-0.25, -0.2) is 9.97 Å². The number of fused-ring (bicyclic) bond motifs is 1. The van der Waals surface area contributed by atoms with Crippen molar-refractivity contribution in [1.29, 1.82) is 0 Å². The summed E-state index contributed by atoms with van der Waals surface area (Å²) in [6.07, 6.45) is 2.30. The van der Waals surface area contributed by atoms with Crippen molar-refractivity contribution in [3.8, 4) is 11.3 Å². The summed E-state index contributed by atoms with van der Waals surface area (Å²) < 4.78 is 5.70. The van der Waals surface area contributed by atoms with Crippen molar-refractivity contribution in [1.82, 2.24) is 15.0 Å². The van der Waals surface area contributed by atoms with E-state index in [1.54, 1.807) is 18.3 Å². The second-order valence-corrected chi connectivity index (χ2v) is 6.21. The SMILES string of the molecule is O=C(CCc1ncc(-c2ccc(Cl)cc2)o1)Nc1nc2ccccc2[nH]1. The van der Waals surface area contributed by atoms with Gasteiger partial charge >= 0.3 is 0 Å². The first kappa shape index (κ1) is 16.4. The average Bonchev–Trinajstić information content (AvgIpc) is 3.27. The molecule has 0 saturated heterocycles. The summed E-state index contributed by atoms with van der Waals surface area (Å²) in [5, 5.41) is 3.42.